The second kappa shape index (κ2) is 9.14. The summed E-state index contributed by atoms with van der Waals surface area (Å²) in [5, 5.41) is 12.2. The lowest BCUT2D eigenvalue weighted by Crippen LogP contribution is -2.47. The molecule has 1 saturated heterocycles. The van der Waals surface area contributed by atoms with Gasteiger partial charge in [-0.3, -0.25) is 9.69 Å². The summed E-state index contributed by atoms with van der Waals surface area (Å²) in [4.78, 5) is 14.8. The van der Waals surface area contributed by atoms with Crippen LogP contribution >= 0.6 is 0 Å². The van der Waals surface area contributed by atoms with Gasteiger partial charge in [0.2, 0.25) is 5.91 Å². The zero-order chi connectivity index (χ0) is 17.5. The third-order valence-corrected chi connectivity index (χ3v) is 4.74. The Kier molecular flexibility index (Phi) is 7.18. The number of rotatable bonds is 7. The number of carbonyl (C=O) groups is 1. The molecule has 0 bridgehead atoms. The van der Waals surface area contributed by atoms with Crippen molar-refractivity contribution in [3.05, 3.63) is 35.6 Å². The van der Waals surface area contributed by atoms with Gasteiger partial charge < -0.3 is 10.4 Å². The second-order valence-electron chi connectivity index (χ2n) is 7.08. The van der Waals surface area contributed by atoms with Crippen molar-refractivity contribution in [3.8, 4) is 0 Å². The molecule has 2 rings (SSSR count). The van der Waals surface area contributed by atoms with Gasteiger partial charge in [-0.05, 0) is 49.4 Å². The maximum atomic E-state index is 13.3. The van der Waals surface area contributed by atoms with Gasteiger partial charge in [0.05, 0.1) is 5.92 Å². The van der Waals surface area contributed by atoms with Crippen LogP contribution in [0, 0.1) is 17.7 Å². The number of hydrogen-bond donors (Lipinski definition) is 2. The van der Waals surface area contributed by atoms with E-state index in [1.54, 1.807) is 12.1 Å². The molecule has 2 N–H and O–H groups in total. The van der Waals surface area contributed by atoms with Crippen molar-refractivity contribution in [2.75, 3.05) is 19.7 Å². The fourth-order valence-electron chi connectivity index (χ4n) is 3.32. The normalized spacial score (nSPS) is 20.1. The monoisotopic (exact) mass is 336 g/mol. The number of aliphatic hydroxyl groups excluding tert-OH is 1. The lowest BCUT2D eigenvalue weighted by atomic mass is 9.94. The smallest absolute Gasteiger partial charge is 0.224 e. The van der Waals surface area contributed by atoms with Crippen LogP contribution in [0.3, 0.4) is 0 Å². The molecule has 4 nitrogen and oxygen atoms in total. The average molecular weight is 336 g/mol. The predicted molar refractivity (Wildman–Crippen MR) is 92.9 cm³/mol. The first kappa shape index (κ1) is 18.9. The summed E-state index contributed by atoms with van der Waals surface area (Å²) in [5.74, 6) is 0.119. The Bertz CT molecular complexity index is 536. The minimum absolute atomic E-state index is 0.0149. The van der Waals surface area contributed by atoms with Crippen LogP contribution in [0.5, 0.6) is 0 Å². The molecule has 1 fully saturated rings. The van der Waals surface area contributed by atoms with Crippen LogP contribution in [-0.4, -0.2) is 41.7 Å². The van der Waals surface area contributed by atoms with Crippen LogP contribution in [0.25, 0.3) is 0 Å². The van der Waals surface area contributed by atoms with Gasteiger partial charge in [0.25, 0.3) is 0 Å². The highest BCUT2D eigenvalue weighted by Crippen LogP contribution is 2.20. The van der Waals surface area contributed by atoms with Crippen LogP contribution in [0.2, 0.25) is 0 Å². The van der Waals surface area contributed by atoms with Crippen molar-refractivity contribution >= 4 is 5.91 Å². The van der Waals surface area contributed by atoms with Crippen molar-refractivity contribution in [3.63, 3.8) is 0 Å². The number of nitrogens with one attached hydrogen (secondary N) is 1. The summed E-state index contributed by atoms with van der Waals surface area (Å²) in [6, 6.07) is 6.66. The van der Waals surface area contributed by atoms with Crippen molar-refractivity contribution in [1.29, 1.82) is 0 Å². The van der Waals surface area contributed by atoms with E-state index in [9.17, 15) is 9.18 Å². The molecule has 0 aliphatic carbocycles. The molecule has 0 saturated carbocycles. The molecular formula is C19H29FN2O2. The van der Waals surface area contributed by atoms with E-state index in [4.69, 9.17) is 5.11 Å². The van der Waals surface area contributed by atoms with Crippen LogP contribution < -0.4 is 5.32 Å². The van der Waals surface area contributed by atoms with Crippen LogP contribution in [0.15, 0.2) is 24.3 Å². The second-order valence-corrected chi connectivity index (χ2v) is 7.08. The van der Waals surface area contributed by atoms with Gasteiger partial charge in [0.15, 0.2) is 0 Å². The Morgan fingerprint density at radius 3 is 2.92 bits per heavy atom. The fourth-order valence-corrected chi connectivity index (χ4v) is 3.32. The van der Waals surface area contributed by atoms with E-state index < -0.39 is 0 Å². The molecule has 1 amide bonds. The molecule has 0 radical (unpaired) electrons. The molecule has 0 spiro atoms. The number of carbonyl (C=O) groups excluding carboxylic acids is 1. The molecule has 1 aromatic carbocycles. The van der Waals surface area contributed by atoms with Crippen molar-refractivity contribution in [2.45, 2.75) is 45.7 Å². The number of halogens is 1. The van der Waals surface area contributed by atoms with E-state index in [2.05, 4.69) is 24.1 Å². The van der Waals surface area contributed by atoms with Crippen LogP contribution in [0.4, 0.5) is 4.39 Å². The van der Waals surface area contributed by atoms with Gasteiger partial charge in [-0.1, -0.05) is 26.0 Å². The van der Waals surface area contributed by atoms with Crippen molar-refractivity contribution in [1.82, 2.24) is 10.2 Å². The van der Waals surface area contributed by atoms with Gasteiger partial charge in [0.1, 0.15) is 5.82 Å². The molecule has 134 valence electrons. The Labute approximate surface area is 144 Å². The van der Waals surface area contributed by atoms with Crippen LogP contribution in [-0.2, 0) is 11.3 Å². The molecule has 1 aromatic rings. The lowest BCUT2D eigenvalue weighted by Gasteiger charge is -2.33. The van der Waals surface area contributed by atoms with E-state index >= 15 is 0 Å². The number of likely N-dealkylation sites (tertiary alicyclic amines) is 1. The standard InChI is InChI=1S/C19H29FN2O2/c1-14(2)18(8-10-23)21-19(24)16-6-4-9-22(13-16)12-15-5-3-7-17(20)11-15/h3,5,7,11,14,16,18,23H,4,6,8-10,12-13H2,1-2H3,(H,21,24). The highest BCUT2D eigenvalue weighted by atomic mass is 19.1. The summed E-state index contributed by atoms with van der Waals surface area (Å²) in [6.45, 7) is 6.50. The molecule has 5 heteroatoms. The van der Waals surface area contributed by atoms with E-state index in [1.165, 1.54) is 6.07 Å². The third kappa shape index (κ3) is 5.56. The summed E-state index contributed by atoms with van der Waals surface area (Å²) in [5.41, 5.74) is 0.941. The Morgan fingerprint density at radius 2 is 2.25 bits per heavy atom. The van der Waals surface area contributed by atoms with Crippen molar-refractivity contribution in [2.24, 2.45) is 11.8 Å². The largest absolute Gasteiger partial charge is 0.396 e. The van der Waals surface area contributed by atoms with Gasteiger partial charge in [-0.25, -0.2) is 4.39 Å². The first-order valence-electron chi connectivity index (χ1n) is 8.87. The predicted octanol–water partition coefficient (Wildman–Crippen LogP) is 2.56. The van der Waals surface area contributed by atoms with Gasteiger partial charge >= 0.3 is 0 Å². The molecule has 2 atom stereocenters. The quantitative estimate of drug-likeness (QED) is 0.805. The number of hydrogen-bond acceptors (Lipinski definition) is 3. The zero-order valence-corrected chi connectivity index (χ0v) is 14.7. The van der Waals surface area contributed by atoms with E-state index in [0.717, 1.165) is 24.9 Å². The highest BCUT2D eigenvalue weighted by Gasteiger charge is 2.27. The molecule has 1 heterocycles. The summed E-state index contributed by atoms with van der Waals surface area (Å²) in [6.07, 6.45) is 2.44. The summed E-state index contributed by atoms with van der Waals surface area (Å²) >= 11 is 0. The molecule has 0 aromatic heterocycles. The maximum Gasteiger partial charge on any atom is 0.224 e. The first-order chi connectivity index (χ1) is 11.5. The topological polar surface area (TPSA) is 52.6 Å². The van der Waals surface area contributed by atoms with Crippen molar-refractivity contribution < 1.29 is 14.3 Å². The molecule has 2 unspecified atom stereocenters. The van der Waals surface area contributed by atoms with Crippen LogP contribution in [0.1, 0.15) is 38.7 Å². The number of amides is 1. The third-order valence-electron chi connectivity index (χ3n) is 4.74. The lowest BCUT2D eigenvalue weighted by molar-refractivity contribution is -0.128. The van der Waals surface area contributed by atoms with E-state index in [1.807, 2.05) is 6.07 Å². The highest BCUT2D eigenvalue weighted by molar-refractivity contribution is 5.79. The van der Waals surface area contributed by atoms with E-state index in [-0.39, 0.29) is 30.3 Å². The number of nitrogens with zero attached hydrogens (tertiary/aromatic N) is 1. The molecule has 1 aliphatic rings. The summed E-state index contributed by atoms with van der Waals surface area (Å²) in [7, 11) is 0. The minimum Gasteiger partial charge on any atom is -0.396 e. The molecular weight excluding hydrogens is 307 g/mol. The zero-order valence-electron chi connectivity index (χ0n) is 14.7. The Balaban J connectivity index is 1.90. The Morgan fingerprint density at radius 1 is 1.46 bits per heavy atom. The minimum atomic E-state index is -0.220. The molecule has 24 heavy (non-hydrogen) atoms. The average Bonchev–Trinajstić information content (AvgIpc) is 2.54. The molecule has 1 aliphatic heterocycles. The SMILES string of the molecule is CC(C)C(CCO)NC(=O)C1CCCN(Cc2cccc(F)c2)C1. The van der Waals surface area contributed by atoms with Gasteiger partial charge in [0, 0.05) is 25.7 Å². The first-order valence-corrected chi connectivity index (χ1v) is 8.87. The summed E-state index contributed by atoms with van der Waals surface area (Å²) < 4.78 is 13.3. The fraction of sp³-hybridized carbons (Fsp3) is 0.632. The number of piperidine rings is 1. The number of benzene rings is 1. The Hall–Kier alpha value is -1.46. The maximum absolute atomic E-state index is 13.3. The van der Waals surface area contributed by atoms with Gasteiger partial charge in [-0.15, -0.1) is 0 Å². The number of aliphatic hydroxyl groups is 1. The van der Waals surface area contributed by atoms with E-state index in [0.29, 0.717) is 25.4 Å². The van der Waals surface area contributed by atoms with Gasteiger partial charge in [-0.2, -0.15) is 0 Å².